The molecule has 1 fully saturated rings. The number of rotatable bonds is 5. The summed E-state index contributed by atoms with van der Waals surface area (Å²) in [6, 6.07) is 0. The molecule has 0 unspecified atom stereocenters. The van der Waals surface area contributed by atoms with Crippen LogP contribution in [0.25, 0.3) is 0 Å². The van der Waals surface area contributed by atoms with Gasteiger partial charge in [-0.2, -0.15) is 0 Å². The lowest BCUT2D eigenvalue weighted by Gasteiger charge is -2.20. The summed E-state index contributed by atoms with van der Waals surface area (Å²) in [7, 11) is 0. The van der Waals surface area contributed by atoms with Gasteiger partial charge < -0.3 is 20.0 Å². The van der Waals surface area contributed by atoms with Crippen molar-refractivity contribution in [3.63, 3.8) is 0 Å². The number of nitrogens with two attached hydrogens (primary N) is 1. The van der Waals surface area contributed by atoms with E-state index < -0.39 is 5.97 Å². The molecule has 1 aliphatic rings. The highest BCUT2D eigenvalue weighted by atomic mass is 32.1. The Kier molecular flexibility index (Phi) is 5.31. The number of carbonyl (C=O) groups is 1. The van der Waals surface area contributed by atoms with Gasteiger partial charge in [-0.15, -0.1) is 11.3 Å². The molecule has 8 heteroatoms. The monoisotopic (exact) mass is 299 g/mol. The summed E-state index contributed by atoms with van der Waals surface area (Å²) in [5.74, 6) is -0.565. The Morgan fingerprint density at radius 1 is 1.60 bits per heavy atom. The van der Waals surface area contributed by atoms with Crippen LogP contribution in [-0.4, -0.2) is 42.6 Å². The van der Waals surface area contributed by atoms with Crippen LogP contribution in [0.2, 0.25) is 0 Å². The van der Waals surface area contributed by atoms with E-state index >= 15 is 0 Å². The minimum absolute atomic E-state index is 0.0475. The fraction of sp³-hybridized carbons (Fsp3) is 0.583. The minimum Gasteiger partial charge on any atom is -0.461 e. The van der Waals surface area contributed by atoms with Gasteiger partial charge >= 0.3 is 5.97 Å². The smallest absolute Gasteiger partial charge is 0.362 e. The zero-order valence-corrected chi connectivity index (χ0v) is 12.0. The van der Waals surface area contributed by atoms with Crippen molar-refractivity contribution < 1.29 is 19.1 Å². The highest BCUT2D eigenvalue weighted by Crippen LogP contribution is 2.15. The number of carbonyl (C=O) groups excluding carboxylic acids is 1. The number of thiazole rings is 1. The summed E-state index contributed by atoms with van der Waals surface area (Å²) in [4.78, 5) is 21.3. The fourth-order valence-corrected chi connectivity index (χ4v) is 2.24. The van der Waals surface area contributed by atoms with E-state index in [1.54, 1.807) is 12.3 Å². The highest BCUT2D eigenvalue weighted by Gasteiger charge is 2.21. The van der Waals surface area contributed by atoms with Gasteiger partial charge in [0.1, 0.15) is 11.8 Å². The van der Waals surface area contributed by atoms with Crippen LogP contribution in [0.3, 0.4) is 0 Å². The molecule has 1 saturated heterocycles. The number of nitrogens with zero attached hydrogens (tertiary/aromatic N) is 2. The molecule has 0 saturated carbocycles. The van der Waals surface area contributed by atoms with Crippen LogP contribution in [0.1, 0.15) is 25.5 Å². The Hall–Kier alpha value is -1.67. The normalized spacial score (nSPS) is 16.9. The van der Waals surface area contributed by atoms with E-state index in [0.29, 0.717) is 24.0 Å². The second-order valence-electron chi connectivity index (χ2n) is 4.15. The summed E-state index contributed by atoms with van der Waals surface area (Å²) >= 11 is 1.23. The van der Waals surface area contributed by atoms with Crippen LogP contribution < -0.4 is 5.73 Å². The number of aromatic nitrogens is 1. The molecule has 0 radical (unpaired) electrons. The molecule has 2 heterocycles. The van der Waals surface area contributed by atoms with E-state index in [-0.39, 0.29) is 18.4 Å². The summed E-state index contributed by atoms with van der Waals surface area (Å²) in [6.45, 7) is 3.26. The average molecular weight is 299 g/mol. The van der Waals surface area contributed by atoms with Gasteiger partial charge in [0, 0.05) is 18.2 Å². The van der Waals surface area contributed by atoms with Crippen LogP contribution in [-0.2, 0) is 19.1 Å². The molecule has 2 rings (SSSR count). The van der Waals surface area contributed by atoms with Crippen molar-refractivity contribution in [3.8, 4) is 0 Å². The largest absolute Gasteiger partial charge is 0.461 e. The summed E-state index contributed by atoms with van der Waals surface area (Å²) in [5.41, 5.74) is 5.99. The number of esters is 1. The number of oxime groups is 1. The number of nitrogen functional groups attached to an aromatic ring is 1. The molecular weight excluding hydrogens is 282 g/mol. The zero-order chi connectivity index (χ0) is 14.4. The van der Waals surface area contributed by atoms with Gasteiger partial charge in [0.2, 0.25) is 5.71 Å². The van der Waals surface area contributed by atoms with Crippen LogP contribution in [0, 0.1) is 0 Å². The standard InChI is InChI=1S/C12H17N3O4S/c1-2-18-11(16)10(9-7-20-12(13)14-9)15-19-8-3-5-17-6-4-8/h7-8H,2-6H2,1H3,(H2,13,14)/b15-10+. The molecule has 0 bridgehead atoms. The van der Waals surface area contributed by atoms with E-state index in [2.05, 4.69) is 10.1 Å². The van der Waals surface area contributed by atoms with Crippen molar-refractivity contribution in [1.29, 1.82) is 0 Å². The molecule has 1 aliphatic heterocycles. The minimum atomic E-state index is -0.565. The lowest BCUT2D eigenvalue weighted by molar-refractivity contribution is -0.135. The second kappa shape index (κ2) is 7.20. The molecule has 0 atom stereocenters. The molecule has 0 aliphatic carbocycles. The third-order valence-corrected chi connectivity index (χ3v) is 3.37. The van der Waals surface area contributed by atoms with E-state index in [4.69, 9.17) is 20.0 Å². The van der Waals surface area contributed by atoms with Gasteiger partial charge in [-0.1, -0.05) is 5.16 Å². The van der Waals surface area contributed by atoms with Crippen molar-refractivity contribution in [1.82, 2.24) is 4.98 Å². The topological polar surface area (TPSA) is 96.0 Å². The molecule has 20 heavy (non-hydrogen) atoms. The van der Waals surface area contributed by atoms with Crippen molar-refractivity contribution >= 4 is 28.1 Å². The molecule has 0 aromatic carbocycles. The molecule has 110 valence electrons. The molecule has 0 amide bonds. The molecule has 7 nitrogen and oxygen atoms in total. The van der Waals surface area contributed by atoms with E-state index in [1.165, 1.54) is 11.3 Å². The number of hydrogen-bond donors (Lipinski definition) is 1. The second-order valence-corrected chi connectivity index (χ2v) is 5.04. The van der Waals surface area contributed by atoms with Gasteiger partial charge in [-0.25, -0.2) is 9.78 Å². The Labute approximate surface area is 120 Å². The maximum absolute atomic E-state index is 11.9. The van der Waals surface area contributed by atoms with Crippen LogP contribution in [0.15, 0.2) is 10.5 Å². The molecular formula is C12H17N3O4S. The Balaban J connectivity index is 2.10. The van der Waals surface area contributed by atoms with Gasteiger partial charge in [-0.3, -0.25) is 0 Å². The first-order valence-electron chi connectivity index (χ1n) is 6.40. The maximum Gasteiger partial charge on any atom is 0.362 e. The Morgan fingerprint density at radius 3 is 2.95 bits per heavy atom. The van der Waals surface area contributed by atoms with Crippen LogP contribution in [0.5, 0.6) is 0 Å². The van der Waals surface area contributed by atoms with Crippen molar-refractivity contribution in [3.05, 3.63) is 11.1 Å². The van der Waals surface area contributed by atoms with Crippen LogP contribution >= 0.6 is 11.3 Å². The SMILES string of the molecule is CCOC(=O)/C(=N/OC1CCOCC1)c1csc(N)n1. The Bertz CT molecular complexity index is 483. The van der Waals surface area contributed by atoms with Gasteiger partial charge in [-0.05, 0) is 6.92 Å². The van der Waals surface area contributed by atoms with E-state index in [9.17, 15) is 4.79 Å². The first-order chi connectivity index (χ1) is 9.70. The molecule has 2 N–H and O–H groups in total. The predicted molar refractivity (Wildman–Crippen MR) is 74.6 cm³/mol. The van der Waals surface area contributed by atoms with Crippen LogP contribution in [0.4, 0.5) is 5.13 Å². The summed E-state index contributed by atoms with van der Waals surface area (Å²) in [6.07, 6.45) is 1.45. The van der Waals surface area contributed by atoms with Gasteiger partial charge in [0.05, 0.1) is 19.8 Å². The third kappa shape index (κ3) is 3.91. The number of anilines is 1. The van der Waals surface area contributed by atoms with Gasteiger partial charge in [0.25, 0.3) is 0 Å². The van der Waals surface area contributed by atoms with E-state index in [1.807, 2.05) is 0 Å². The summed E-state index contributed by atoms with van der Waals surface area (Å²) in [5, 5.41) is 5.94. The quantitative estimate of drug-likeness (QED) is 0.498. The van der Waals surface area contributed by atoms with E-state index in [0.717, 1.165) is 12.8 Å². The lowest BCUT2D eigenvalue weighted by atomic mass is 10.2. The number of hydrogen-bond acceptors (Lipinski definition) is 8. The van der Waals surface area contributed by atoms with Crippen molar-refractivity contribution in [2.75, 3.05) is 25.6 Å². The van der Waals surface area contributed by atoms with Crippen molar-refractivity contribution in [2.24, 2.45) is 5.16 Å². The van der Waals surface area contributed by atoms with Crippen molar-refractivity contribution in [2.45, 2.75) is 25.9 Å². The molecule has 1 aromatic heterocycles. The van der Waals surface area contributed by atoms with Gasteiger partial charge in [0.15, 0.2) is 5.13 Å². The third-order valence-electron chi connectivity index (χ3n) is 2.69. The predicted octanol–water partition coefficient (Wildman–Crippen LogP) is 1.19. The highest BCUT2D eigenvalue weighted by molar-refractivity contribution is 7.13. The first-order valence-corrected chi connectivity index (χ1v) is 7.28. The zero-order valence-electron chi connectivity index (χ0n) is 11.2. The summed E-state index contributed by atoms with van der Waals surface area (Å²) < 4.78 is 10.2. The molecule has 1 aromatic rings. The average Bonchev–Trinajstić information content (AvgIpc) is 2.87. The maximum atomic E-state index is 11.9. The number of ether oxygens (including phenoxy) is 2. The fourth-order valence-electron chi connectivity index (χ4n) is 1.69. The lowest BCUT2D eigenvalue weighted by Crippen LogP contribution is -2.24. The first kappa shape index (κ1) is 14.7. The molecule has 0 spiro atoms. The Morgan fingerprint density at radius 2 is 2.35 bits per heavy atom.